The minimum atomic E-state index is -0.646. The molecular weight excluding hydrogens is 223 g/mol. The van der Waals surface area contributed by atoms with Crippen LogP contribution < -0.4 is 10.6 Å². The Labute approximate surface area is 104 Å². The zero-order valence-electron chi connectivity index (χ0n) is 10.1. The molecule has 0 amide bonds. The van der Waals surface area contributed by atoms with Crippen molar-refractivity contribution in [2.45, 2.75) is 13.8 Å². The van der Waals surface area contributed by atoms with E-state index in [4.69, 9.17) is 6.42 Å². The third-order valence-corrected chi connectivity index (χ3v) is 4.60. The highest BCUT2D eigenvalue weighted by atomic mass is 31.1. The first-order valence-electron chi connectivity index (χ1n) is 5.60. The first-order valence-corrected chi connectivity index (χ1v) is 6.94. The van der Waals surface area contributed by atoms with Crippen LogP contribution in [0.3, 0.4) is 0 Å². The number of hydrogen-bond donors (Lipinski definition) is 0. The van der Waals surface area contributed by atoms with Crippen molar-refractivity contribution in [3.63, 3.8) is 0 Å². The molecule has 2 aromatic carbocycles. The van der Waals surface area contributed by atoms with Crippen molar-refractivity contribution in [1.29, 1.82) is 0 Å². The van der Waals surface area contributed by atoms with E-state index >= 15 is 0 Å². The molecule has 0 aromatic heterocycles. The average molecular weight is 238 g/mol. The highest BCUT2D eigenvalue weighted by Crippen LogP contribution is 2.31. The minimum Gasteiger partial charge on any atom is -0.115 e. The van der Waals surface area contributed by atoms with Crippen molar-refractivity contribution in [3.05, 3.63) is 59.7 Å². The van der Waals surface area contributed by atoms with E-state index < -0.39 is 7.92 Å². The number of hydrogen-bond acceptors (Lipinski definition) is 0. The normalized spacial score (nSPS) is 10.2. The smallest absolute Gasteiger partial charge is 0.0341 e. The first-order chi connectivity index (χ1) is 8.20. The molecule has 0 spiro atoms. The van der Waals surface area contributed by atoms with Gasteiger partial charge < -0.3 is 0 Å². The Morgan fingerprint density at radius 1 is 0.765 bits per heavy atom. The van der Waals surface area contributed by atoms with Crippen molar-refractivity contribution in [2.24, 2.45) is 0 Å². The predicted octanol–water partition coefficient (Wildman–Crippen LogP) is 3.33. The summed E-state index contributed by atoms with van der Waals surface area (Å²) in [7, 11) is -0.646. The van der Waals surface area contributed by atoms with E-state index in [9.17, 15) is 0 Å². The molecule has 0 aliphatic carbocycles. The van der Waals surface area contributed by atoms with Crippen LogP contribution in [0.5, 0.6) is 0 Å². The SMILES string of the molecule is C#CP(c1ccc(C)cc1)c1ccc(C)cc1. The molecule has 0 N–H and O–H groups in total. The molecule has 17 heavy (non-hydrogen) atoms. The van der Waals surface area contributed by atoms with Gasteiger partial charge in [-0.1, -0.05) is 65.3 Å². The average Bonchev–Trinajstić information content (AvgIpc) is 2.35. The highest BCUT2D eigenvalue weighted by Gasteiger charge is 2.10. The summed E-state index contributed by atoms with van der Waals surface area (Å²) in [4.78, 5) is 0. The molecule has 0 aliphatic heterocycles. The molecular formula is C16H15P. The topological polar surface area (TPSA) is 0 Å². The fourth-order valence-electron chi connectivity index (χ4n) is 1.69. The van der Waals surface area contributed by atoms with Crippen molar-refractivity contribution < 1.29 is 0 Å². The van der Waals surface area contributed by atoms with E-state index in [1.807, 2.05) is 0 Å². The van der Waals surface area contributed by atoms with Gasteiger partial charge >= 0.3 is 0 Å². The second-order valence-corrected chi connectivity index (χ2v) is 6.10. The fraction of sp³-hybridized carbons (Fsp3) is 0.125. The summed E-state index contributed by atoms with van der Waals surface area (Å²) in [6, 6.07) is 17.0. The van der Waals surface area contributed by atoms with Gasteiger partial charge in [-0.15, -0.1) is 6.42 Å². The van der Waals surface area contributed by atoms with E-state index in [0.717, 1.165) is 0 Å². The van der Waals surface area contributed by atoms with Crippen LogP contribution in [0.1, 0.15) is 11.1 Å². The Bertz CT molecular complexity index is 484. The van der Waals surface area contributed by atoms with Crippen molar-refractivity contribution in [2.75, 3.05) is 0 Å². The molecule has 0 fully saturated rings. The summed E-state index contributed by atoms with van der Waals surface area (Å²) in [6.45, 7) is 4.18. The Balaban J connectivity index is 2.37. The fourth-order valence-corrected chi connectivity index (χ4v) is 3.18. The van der Waals surface area contributed by atoms with Crippen molar-refractivity contribution >= 4 is 18.5 Å². The largest absolute Gasteiger partial charge is 0.115 e. The summed E-state index contributed by atoms with van der Waals surface area (Å²) < 4.78 is 0. The molecule has 0 bridgehead atoms. The number of terminal acetylenes is 1. The van der Waals surface area contributed by atoms with Gasteiger partial charge in [0.25, 0.3) is 0 Å². The van der Waals surface area contributed by atoms with E-state index in [0.29, 0.717) is 0 Å². The standard InChI is InChI=1S/C16H15P/c1-4-17(15-9-5-13(2)6-10-15)16-11-7-14(3)8-12-16/h1,5-12H,2-3H3. The van der Waals surface area contributed by atoms with Crippen LogP contribution in [-0.4, -0.2) is 0 Å². The minimum absolute atomic E-state index is 0.646. The lowest BCUT2D eigenvalue weighted by atomic mass is 10.2. The molecule has 0 saturated heterocycles. The maximum atomic E-state index is 5.69. The molecule has 0 unspecified atom stereocenters. The lowest BCUT2D eigenvalue weighted by molar-refractivity contribution is 1.49. The van der Waals surface area contributed by atoms with Gasteiger partial charge in [0.2, 0.25) is 0 Å². The Kier molecular flexibility index (Phi) is 3.62. The van der Waals surface area contributed by atoms with Gasteiger partial charge in [-0.2, -0.15) is 0 Å². The first kappa shape index (κ1) is 11.9. The Morgan fingerprint density at radius 3 is 1.41 bits per heavy atom. The predicted molar refractivity (Wildman–Crippen MR) is 77.4 cm³/mol. The molecule has 0 heterocycles. The van der Waals surface area contributed by atoms with Gasteiger partial charge in [-0.25, -0.2) is 0 Å². The van der Waals surface area contributed by atoms with Crippen LogP contribution in [-0.2, 0) is 0 Å². The van der Waals surface area contributed by atoms with E-state index in [2.05, 4.69) is 68.0 Å². The highest BCUT2D eigenvalue weighted by molar-refractivity contribution is 7.77. The molecule has 2 rings (SSSR count). The zero-order chi connectivity index (χ0) is 12.3. The maximum Gasteiger partial charge on any atom is 0.0341 e. The number of benzene rings is 2. The molecule has 0 aliphatic rings. The third kappa shape index (κ3) is 2.76. The molecule has 84 valence electrons. The number of aryl methyl sites for hydroxylation is 2. The van der Waals surface area contributed by atoms with Gasteiger partial charge in [0, 0.05) is 7.92 Å². The van der Waals surface area contributed by atoms with Gasteiger partial charge in [0.15, 0.2) is 0 Å². The Morgan fingerprint density at radius 2 is 1.12 bits per heavy atom. The van der Waals surface area contributed by atoms with Crippen molar-refractivity contribution in [3.8, 4) is 12.1 Å². The van der Waals surface area contributed by atoms with Crippen LogP contribution >= 0.6 is 7.92 Å². The van der Waals surface area contributed by atoms with Crippen LogP contribution in [0.15, 0.2) is 48.5 Å². The van der Waals surface area contributed by atoms with Gasteiger partial charge in [0.05, 0.1) is 0 Å². The summed E-state index contributed by atoms with van der Waals surface area (Å²) in [5, 5.41) is 2.49. The van der Waals surface area contributed by atoms with Crippen LogP contribution in [0.4, 0.5) is 0 Å². The van der Waals surface area contributed by atoms with Crippen LogP contribution in [0.25, 0.3) is 0 Å². The monoisotopic (exact) mass is 238 g/mol. The van der Waals surface area contributed by atoms with Crippen LogP contribution in [0, 0.1) is 25.9 Å². The van der Waals surface area contributed by atoms with E-state index in [1.165, 1.54) is 21.7 Å². The molecule has 1 heteroatoms. The second kappa shape index (κ2) is 5.17. The summed E-state index contributed by atoms with van der Waals surface area (Å²) in [6.07, 6.45) is 5.69. The van der Waals surface area contributed by atoms with Crippen LogP contribution in [0.2, 0.25) is 0 Å². The second-order valence-electron chi connectivity index (χ2n) is 4.14. The quantitative estimate of drug-likeness (QED) is 0.556. The van der Waals surface area contributed by atoms with Gasteiger partial charge in [-0.05, 0) is 24.5 Å². The lowest BCUT2D eigenvalue weighted by Gasteiger charge is -2.12. The summed E-state index contributed by atoms with van der Waals surface area (Å²) in [5.41, 5.74) is 5.47. The Hall–Kier alpha value is -1.57. The van der Waals surface area contributed by atoms with Gasteiger partial charge in [-0.3, -0.25) is 0 Å². The van der Waals surface area contributed by atoms with Gasteiger partial charge in [0.1, 0.15) is 0 Å². The number of rotatable bonds is 2. The maximum absolute atomic E-state index is 5.69. The summed E-state index contributed by atoms with van der Waals surface area (Å²) >= 11 is 0. The molecule has 0 saturated carbocycles. The van der Waals surface area contributed by atoms with E-state index in [1.54, 1.807) is 0 Å². The molecule has 0 nitrogen and oxygen atoms in total. The lowest BCUT2D eigenvalue weighted by Crippen LogP contribution is -2.10. The summed E-state index contributed by atoms with van der Waals surface area (Å²) in [5.74, 6) is 0. The third-order valence-electron chi connectivity index (χ3n) is 2.71. The zero-order valence-corrected chi connectivity index (χ0v) is 11.0. The molecule has 0 atom stereocenters. The molecule has 0 radical (unpaired) electrons. The van der Waals surface area contributed by atoms with E-state index in [-0.39, 0.29) is 0 Å². The van der Waals surface area contributed by atoms with Crippen molar-refractivity contribution in [1.82, 2.24) is 0 Å². The molecule has 2 aromatic rings.